The minimum Gasteiger partial charge on any atom is -0.481 e. The maximum atomic E-state index is 11.1. The topological polar surface area (TPSA) is 167 Å². The highest BCUT2D eigenvalue weighted by atomic mass is 16.4. The van der Waals surface area contributed by atoms with Gasteiger partial charge in [-0.15, -0.1) is 0 Å². The molecule has 9 nitrogen and oxygen atoms in total. The molecule has 0 aliphatic heterocycles. The Kier molecular flexibility index (Phi) is 5.61. The minimum absolute atomic E-state index is 0.626. The zero-order chi connectivity index (χ0) is 13.6. The molecule has 0 heterocycles. The summed E-state index contributed by atoms with van der Waals surface area (Å²) in [6, 6.07) is -3.07. The second-order valence-electron chi connectivity index (χ2n) is 3.21. The fourth-order valence-corrected chi connectivity index (χ4v) is 0.915. The lowest BCUT2D eigenvalue weighted by molar-refractivity contribution is -0.147. The second kappa shape index (κ2) is 6.43. The van der Waals surface area contributed by atoms with E-state index in [2.05, 4.69) is 0 Å². The van der Waals surface area contributed by atoms with Gasteiger partial charge in [0, 0.05) is 0 Å². The molecule has 0 saturated carbocycles. The number of carboxylic acids is 3. The van der Waals surface area contributed by atoms with E-state index < -0.39 is 48.7 Å². The van der Waals surface area contributed by atoms with Gasteiger partial charge in [0.15, 0.2) is 0 Å². The fourth-order valence-electron chi connectivity index (χ4n) is 0.915. The number of carbonyl (C=O) groups excluding carboxylic acids is 1. The largest absolute Gasteiger partial charge is 0.481 e. The summed E-state index contributed by atoms with van der Waals surface area (Å²) in [5.41, 5.74) is 5.05. The van der Waals surface area contributed by atoms with Crippen molar-refractivity contribution in [2.75, 3.05) is 0 Å². The minimum atomic E-state index is -1.61. The third kappa shape index (κ3) is 6.10. The van der Waals surface area contributed by atoms with Gasteiger partial charge in [0.05, 0.1) is 12.8 Å². The normalized spacial score (nSPS) is 13.5. The first-order chi connectivity index (χ1) is 7.73. The summed E-state index contributed by atoms with van der Waals surface area (Å²) in [5.74, 6) is -5.27. The Bertz CT molecular complexity index is 341. The summed E-state index contributed by atoms with van der Waals surface area (Å²) in [6.45, 7) is 0. The Morgan fingerprint density at radius 2 is 1.53 bits per heavy atom. The number of carboxylic acid groups (broad SMARTS) is 3. The number of rotatable bonds is 7. The van der Waals surface area contributed by atoms with Crippen LogP contribution in [-0.4, -0.2) is 51.2 Å². The smallest absolute Gasteiger partial charge is 0.326 e. The summed E-state index contributed by atoms with van der Waals surface area (Å²) in [4.78, 5) is 42.3. The van der Waals surface area contributed by atoms with E-state index in [1.165, 1.54) is 0 Å². The van der Waals surface area contributed by atoms with E-state index >= 15 is 0 Å². The van der Waals surface area contributed by atoms with E-state index in [-0.39, 0.29) is 0 Å². The van der Waals surface area contributed by atoms with Gasteiger partial charge in [-0.3, -0.25) is 14.4 Å². The molecular weight excluding hydrogens is 236 g/mol. The Hall–Kier alpha value is -2.16. The standard InChI is InChI=1S/C8H12N2O7/c9-3(7(14)15)1-5(11)10-4(8(16)17)2-6(12)13/h3-4H,1-2,9H2,(H,10,11)(H,12,13)(H,14,15)(H,16,17). The summed E-state index contributed by atoms with van der Waals surface area (Å²) in [5, 5.41) is 27.2. The van der Waals surface area contributed by atoms with E-state index in [9.17, 15) is 19.2 Å². The van der Waals surface area contributed by atoms with Crippen molar-refractivity contribution in [3.05, 3.63) is 0 Å². The second-order valence-corrected chi connectivity index (χ2v) is 3.21. The zero-order valence-electron chi connectivity index (χ0n) is 8.62. The van der Waals surface area contributed by atoms with Crippen LogP contribution in [0.5, 0.6) is 0 Å². The Balaban J connectivity index is 4.36. The van der Waals surface area contributed by atoms with Crippen molar-refractivity contribution in [2.24, 2.45) is 5.73 Å². The third-order valence-corrected chi connectivity index (χ3v) is 1.73. The molecule has 0 rings (SSSR count). The van der Waals surface area contributed by atoms with Gasteiger partial charge >= 0.3 is 17.9 Å². The molecule has 0 bridgehead atoms. The van der Waals surface area contributed by atoms with Crippen LogP contribution < -0.4 is 11.1 Å². The van der Waals surface area contributed by atoms with Crippen LogP contribution >= 0.6 is 0 Å². The van der Waals surface area contributed by atoms with E-state index in [0.717, 1.165) is 0 Å². The van der Waals surface area contributed by atoms with Crippen LogP contribution in [0.2, 0.25) is 0 Å². The van der Waals surface area contributed by atoms with Crippen LogP contribution in [0.15, 0.2) is 0 Å². The molecule has 0 aromatic heterocycles. The molecule has 0 spiro atoms. The molecule has 0 aromatic rings. The molecule has 6 N–H and O–H groups in total. The van der Waals surface area contributed by atoms with Gasteiger partial charge in [0.25, 0.3) is 0 Å². The molecule has 0 radical (unpaired) electrons. The monoisotopic (exact) mass is 248 g/mol. The molecule has 0 fully saturated rings. The fraction of sp³-hybridized carbons (Fsp3) is 0.500. The van der Waals surface area contributed by atoms with Gasteiger partial charge in [-0.1, -0.05) is 0 Å². The maximum Gasteiger partial charge on any atom is 0.326 e. The molecule has 96 valence electrons. The predicted octanol–water partition coefficient (Wildman–Crippen LogP) is -2.17. The lowest BCUT2D eigenvalue weighted by Crippen LogP contribution is -2.45. The van der Waals surface area contributed by atoms with Crippen molar-refractivity contribution in [2.45, 2.75) is 24.9 Å². The molecule has 0 aromatic carbocycles. The summed E-state index contributed by atoms with van der Waals surface area (Å²) in [6.07, 6.45) is -1.43. The number of hydrogen-bond acceptors (Lipinski definition) is 5. The summed E-state index contributed by atoms with van der Waals surface area (Å²) >= 11 is 0. The van der Waals surface area contributed by atoms with Crippen molar-refractivity contribution in [3.63, 3.8) is 0 Å². The van der Waals surface area contributed by atoms with Crippen LogP contribution in [0, 0.1) is 0 Å². The number of hydrogen-bond donors (Lipinski definition) is 5. The Morgan fingerprint density at radius 3 is 1.88 bits per heavy atom. The molecule has 9 heteroatoms. The Labute approximate surface area is 95.2 Å². The SMILES string of the molecule is NC(CC(=O)NC(CC(=O)O)C(=O)O)C(=O)O. The maximum absolute atomic E-state index is 11.1. The van der Waals surface area contributed by atoms with Gasteiger partial charge in [-0.05, 0) is 0 Å². The number of amides is 1. The van der Waals surface area contributed by atoms with Crippen molar-refractivity contribution in [1.82, 2.24) is 5.32 Å². The number of aliphatic carboxylic acids is 3. The van der Waals surface area contributed by atoms with Crippen LogP contribution in [0.1, 0.15) is 12.8 Å². The van der Waals surface area contributed by atoms with Crippen LogP contribution in [0.25, 0.3) is 0 Å². The van der Waals surface area contributed by atoms with E-state index in [4.69, 9.17) is 21.1 Å². The van der Waals surface area contributed by atoms with Crippen LogP contribution in [0.4, 0.5) is 0 Å². The van der Waals surface area contributed by atoms with Gasteiger partial charge in [0.1, 0.15) is 12.1 Å². The first-order valence-corrected chi connectivity index (χ1v) is 4.46. The lowest BCUT2D eigenvalue weighted by Gasteiger charge is -2.13. The third-order valence-electron chi connectivity index (χ3n) is 1.73. The number of nitrogens with two attached hydrogens (primary N) is 1. The average Bonchev–Trinajstić information content (AvgIpc) is 2.15. The molecule has 0 saturated heterocycles. The molecule has 0 aliphatic carbocycles. The van der Waals surface area contributed by atoms with Crippen molar-refractivity contribution < 1.29 is 34.5 Å². The van der Waals surface area contributed by atoms with Gasteiger partial charge in [0.2, 0.25) is 5.91 Å². The van der Waals surface area contributed by atoms with E-state index in [1.54, 1.807) is 0 Å². The van der Waals surface area contributed by atoms with Crippen LogP contribution in [-0.2, 0) is 19.2 Å². The van der Waals surface area contributed by atoms with Crippen molar-refractivity contribution in [3.8, 4) is 0 Å². The highest BCUT2D eigenvalue weighted by molar-refractivity contribution is 5.89. The summed E-state index contributed by atoms with van der Waals surface area (Å²) < 4.78 is 0. The number of carbonyl (C=O) groups is 4. The first-order valence-electron chi connectivity index (χ1n) is 4.46. The van der Waals surface area contributed by atoms with Gasteiger partial charge < -0.3 is 26.4 Å². The highest BCUT2D eigenvalue weighted by Crippen LogP contribution is 1.96. The van der Waals surface area contributed by atoms with E-state index in [0.29, 0.717) is 0 Å². The number of nitrogens with one attached hydrogen (secondary N) is 1. The first kappa shape index (κ1) is 14.8. The molecule has 2 unspecified atom stereocenters. The lowest BCUT2D eigenvalue weighted by atomic mass is 10.1. The zero-order valence-corrected chi connectivity index (χ0v) is 8.62. The molecule has 17 heavy (non-hydrogen) atoms. The van der Waals surface area contributed by atoms with Crippen molar-refractivity contribution >= 4 is 23.8 Å². The van der Waals surface area contributed by atoms with Crippen LogP contribution in [0.3, 0.4) is 0 Å². The Morgan fingerprint density at radius 1 is 1.00 bits per heavy atom. The van der Waals surface area contributed by atoms with Gasteiger partial charge in [-0.25, -0.2) is 4.79 Å². The average molecular weight is 248 g/mol. The van der Waals surface area contributed by atoms with E-state index in [1.807, 2.05) is 5.32 Å². The van der Waals surface area contributed by atoms with Crippen molar-refractivity contribution in [1.29, 1.82) is 0 Å². The molecule has 0 aliphatic rings. The molecule has 2 atom stereocenters. The molecule has 1 amide bonds. The molecular formula is C8H12N2O7. The predicted molar refractivity (Wildman–Crippen MR) is 52.0 cm³/mol. The summed E-state index contributed by atoms with van der Waals surface area (Å²) in [7, 11) is 0. The quantitative estimate of drug-likeness (QED) is 0.339. The van der Waals surface area contributed by atoms with Gasteiger partial charge in [-0.2, -0.15) is 0 Å². The highest BCUT2D eigenvalue weighted by Gasteiger charge is 2.25.